The van der Waals surface area contributed by atoms with Gasteiger partial charge in [-0.2, -0.15) is 0 Å². The minimum atomic E-state index is -0.321. The summed E-state index contributed by atoms with van der Waals surface area (Å²) in [5, 5.41) is 0. The van der Waals surface area contributed by atoms with Crippen molar-refractivity contribution in [2.75, 3.05) is 7.11 Å². The predicted molar refractivity (Wildman–Crippen MR) is 90.5 cm³/mol. The van der Waals surface area contributed by atoms with Gasteiger partial charge in [0.1, 0.15) is 0 Å². The number of hydrogen-bond donors (Lipinski definition) is 0. The Bertz CT molecular complexity index is 448. The van der Waals surface area contributed by atoms with Gasteiger partial charge in [-0.3, -0.25) is 4.98 Å². The first-order valence-corrected chi connectivity index (χ1v) is 7.52. The summed E-state index contributed by atoms with van der Waals surface area (Å²) >= 11 is 0. The number of nitrogens with zero attached hydrogens (tertiary/aromatic N) is 1. The number of rotatable bonds is 4. The van der Waals surface area contributed by atoms with E-state index in [0.717, 1.165) is 11.1 Å². The van der Waals surface area contributed by atoms with Gasteiger partial charge in [-0.25, -0.2) is 4.79 Å². The molecule has 0 unspecified atom stereocenters. The highest BCUT2D eigenvalue weighted by atomic mass is 16.5. The predicted octanol–water partition coefficient (Wildman–Crippen LogP) is 4.99. The number of hydrogen-bond acceptors (Lipinski definition) is 3. The van der Waals surface area contributed by atoms with E-state index < -0.39 is 0 Å². The Kier molecular flexibility index (Phi) is 14.8. The monoisotopic (exact) mass is 291 g/mol. The molecule has 1 aromatic heterocycles. The summed E-state index contributed by atoms with van der Waals surface area (Å²) in [5.41, 5.74) is 2.60. The highest BCUT2D eigenvalue weighted by Gasteiger charge is 2.11. The summed E-state index contributed by atoms with van der Waals surface area (Å²) in [7, 11) is 1.38. The van der Waals surface area contributed by atoms with Crippen LogP contribution in [0.3, 0.4) is 0 Å². The van der Waals surface area contributed by atoms with Crippen LogP contribution >= 0.6 is 0 Å². The zero-order chi connectivity index (χ0) is 16.7. The molecule has 0 aliphatic heterocycles. The number of pyridine rings is 1. The molecule has 118 valence electrons. The largest absolute Gasteiger partial charge is 0.465 e. The molecule has 0 aliphatic carbocycles. The molecule has 0 amide bonds. The van der Waals surface area contributed by atoms with Crippen LogP contribution in [0.15, 0.2) is 42.3 Å². The molecule has 0 fully saturated rings. The van der Waals surface area contributed by atoms with Crippen LogP contribution in [0, 0.1) is 0 Å². The number of aromatic nitrogens is 1. The average molecular weight is 291 g/mol. The molecule has 1 aromatic rings. The van der Waals surface area contributed by atoms with Gasteiger partial charge in [-0.05, 0) is 37.5 Å². The molecular weight excluding hydrogens is 262 g/mol. The quantitative estimate of drug-likeness (QED) is 0.579. The first-order chi connectivity index (χ1) is 10.2. The molecule has 0 aliphatic rings. The van der Waals surface area contributed by atoms with Crippen LogP contribution in [0.1, 0.15) is 57.5 Å². The molecule has 1 rings (SSSR count). The molecule has 0 saturated heterocycles. The van der Waals surface area contributed by atoms with Crippen LogP contribution < -0.4 is 0 Å². The highest BCUT2D eigenvalue weighted by Crippen LogP contribution is 2.14. The van der Waals surface area contributed by atoms with Gasteiger partial charge in [0.2, 0.25) is 0 Å². The van der Waals surface area contributed by atoms with Crippen molar-refractivity contribution in [2.24, 2.45) is 0 Å². The number of carbonyl (C=O) groups is 1. The van der Waals surface area contributed by atoms with E-state index >= 15 is 0 Å². The minimum absolute atomic E-state index is 0.321. The van der Waals surface area contributed by atoms with E-state index in [4.69, 9.17) is 4.74 Å². The standard InChI is InChI=1S/C14H17NO2.2C2H6/c1-4-6-11(5-2)9-12-10-15-8-7-13(12)14(16)17-3;2*1-2/h4-8,10H,9H2,1-3H3;2*1-2H3/b6-4-,11-5+;;. The van der Waals surface area contributed by atoms with Gasteiger partial charge in [-0.1, -0.05) is 45.9 Å². The third-order valence-electron chi connectivity index (χ3n) is 2.46. The van der Waals surface area contributed by atoms with E-state index in [1.807, 2.05) is 59.8 Å². The molecule has 0 radical (unpaired) electrons. The van der Waals surface area contributed by atoms with Gasteiger partial charge in [0.05, 0.1) is 12.7 Å². The lowest BCUT2D eigenvalue weighted by Crippen LogP contribution is -2.06. The third kappa shape index (κ3) is 8.08. The number of allylic oxidation sites excluding steroid dienone is 4. The molecule has 3 nitrogen and oxygen atoms in total. The van der Waals surface area contributed by atoms with E-state index in [2.05, 4.69) is 4.98 Å². The maximum atomic E-state index is 11.6. The van der Waals surface area contributed by atoms with Gasteiger partial charge < -0.3 is 4.74 Å². The van der Waals surface area contributed by atoms with Gasteiger partial charge in [0, 0.05) is 12.4 Å². The Balaban J connectivity index is 0. The fourth-order valence-corrected chi connectivity index (χ4v) is 1.57. The molecule has 0 aromatic carbocycles. The second-order valence-electron chi connectivity index (χ2n) is 3.56. The maximum Gasteiger partial charge on any atom is 0.338 e. The van der Waals surface area contributed by atoms with Gasteiger partial charge in [-0.15, -0.1) is 0 Å². The smallest absolute Gasteiger partial charge is 0.338 e. The normalized spacial score (nSPS) is 10.1. The topological polar surface area (TPSA) is 39.2 Å². The molecule has 0 spiro atoms. The van der Waals surface area contributed by atoms with Gasteiger partial charge in [0.15, 0.2) is 0 Å². The fourth-order valence-electron chi connectivity index (χ4n) is 1.57. The van der Waals surface area contributed by atoms with Crippen molar-refractivity contribution >= 4 is 5.97 Å². The first-order valence-electron chi connectivity index (χ1n) is 7.52. The summed E-state index contributed by atoms with van der Waals surface area (Å²) in [6, 6.07) is 1.68. The summed E-state index contributed by atoms with van der Waals surface area (Å²) in [6.07, 6.45) is 10.0. The van der Waals surface area contributed by atoms with Crippen molar-refractivity contribution in [3.8, 4) is 0 Å². The molecule has 0 atom stereocenters. The maximum absolute atomic E-state index is 11.6. The van der Waals surface area contributed by atoms with Crippen molar-refractivity contribution in [3.63, 3.8) is 0 Å². The number of esters is 1. The summed E-state index contributed by atoms with van der Waals surface area (Å²) in [6.45, 7) is 11.9. The molecule has 0 bridgehead atoms. The lowest BCUT2D eigenvalue weighted by atomic mass is 10.0. The second-order valence-corrected chi connectivity index (χ2v) is 3.56. The number of carbonyl (C=O) groups excluding carboxylic acids is 1. The molecule has 0 saturated carbocycles. The molecule has 1 heterocycles. The summed E-state index contributed by atoms with van der Waals surface area (Å²) in [4.78, 5) is 15.6. The summed E-state index contributed by atoms with van der Waals surface area (Å²) in [5.74, 6) is -0.321. The van der Waals surface area contributed by atoms with Gasteiger partial charge in [0.25, 0.3) is 0 Å². The van der Waals surface area contributed by atoms with Crippen LogP contribution in [0.25, 0.3) is 0 Å². The van der Waals surface area contributed by atoms with Crippen LogP contribution in [0.4, 0.5) is 0 Å². The van der Waals surface area contributed by atoms with Crippen molar-refractivity contribution < 1.29 is 9.53 Å². The fraction of sp³-hybridized carbons (Fsp3) is 0.444. The number of methoxy groups -OCH3 is 1. The molecule has 21 heavy (non-hydrogen) atoms. The van der Waals surface area contributed by atoms with Crippen molar-refractivity contribution in [2.45, 2.75) is 48.0 Å². The Labute approximate surface area is 129 Å². The molecular formula is C18H29NO2. The summed E-state index contributed by atoms with van der Waals surface area (Å²) < 4.78 is 4.75. The van der Waals surface area contributed by atoms with Crippen LogP contribution in [-0.2, 0) is 11.2 Å². The van der Waals surface area contributed by atoms with Crippen molar-refractivity contribution in [3.05, 3.63) is 53.4 Å². The first kappa shape index (κ1) is 21.4. The van der Waals surface area contributed by atoms with Gasteiger partial charge >= 0.3 is 5.97 Å². The lowest BCUT2D eigenvalue weighted by molar-refractivity contribution is 0.0599. The second kappa shape index (κ2) is 14.5. The zero-order valence-corrected chi connectivity index (χ0v) is 14.4. The van der Waals surface area contributed by atoms with Crippen LogP contribution in [0.2, 0.25) is 0 Å². The molecule has 0 N–H and O–H groups in total. The van der Waals surface area contributed by atoms with Crippen molar-refractivity contribution in [1.29, 1.82) is 0 Å². The minimum Gasteiger partial charge on any atom is -0.465 e. The third-order valence-corrected chi connectivity index (χ3v) is 2.46. The Morgan fingerprint density at radius 3 is 2.33 bits per heavy atom. The Morgan fingerprint density at radius 2 is 1.86 bits per heavy atom. The van der Waals surface area contributed by atoms with E-state index in [1.54, 1.807) is 18.5 Å². The van der Waals surface area contributed by atoms with E-state index in [0.29, 0.717) is 12.0 Å². The lowest BCUT2D eigenvalue weighted by Gasteiger charge is -2.07. The zero-order valence-electron chi connectivity index (χ0n) is 14.4. The SMILES string of the molecule is C/C=C\C(=C/C)Cc1cnccc1C(=O)OC.CC.CC. The van der Waals surface area contributed by atoms with E-state index in [9.17, 15) is 4.79 Å². The van der Waals surface area contributed by atoms with Crippen LogP contribution in [-0.4, -0.2) is 18.1 Å². The molecule has 3 heteroatoms. The number of ether oxygens (including phenoxy) is 1. The average Bonchev–Trinajstić information content (AvgIpc) is 2.57. The van der Waals surface area contributed by atoms with E-state index in [1.165, 1.54) is 7.11 Å². The van der Waals surface area contributed by atoms with Crippen LogP contribution in [0.5, 0.6) is 0 Å². The highest BCUT2D eigenvalue weighted by molar-refractivity contribution is 5.90. The Morgan fingerprint density at radius 1 is 1.24 bits per heavy atom. The van der Waals surface area contributed by atoms with Crippen molar-refractivity contribution in [1.82, 2.24) is 4.98 Å². The van der Waals surface area contributed by atoms with E-state index in [-0.39, 0.29) is 5.97 Å². The Hall–Kier alpha value is -1.90.